The van der Waals surface area contributed by atoms with Crippen molar-refractivity contribution in [2.75, 3.05) is 32.8 Å². The number of likely N-dealkylation sites (N-methyl/N-ethyl adjacent to an activating group) is 1. The van der Waals surface area contributed by atoms with E-state index >= 15 is 0 Å². The number of benzene rings is 1. The molecule has 0 spiro atoms. The van der Waals surface area contributed by atoms with Gasteiger partial charge in [-0.05, 0) is 24.7 Å². The Morgan fingerprint density at radius 1 is 1.50 bits per heavy atom. The number of nitrogens with zero attached hydrogens (tertiary/aromatic N) is 1. The minimum atomic E-state index is 0.189. The highest BCUT2D eigenvalue weighted by molar-refractivity contribution is 7.96. The summed E-state index contributed by atoms with van der Waals surface area (Å²) in [5.41, 5.74) is 4.97. The highest BCUT2D eigenvalue weighted by atomic mass is 32.2. The Labute approximate surface area is 101 Å². The molecule has 90 valence electrons. The molecular weight excluding hydrogens is 224 g/mol. The summed E-state index contributed by atoms with van der Waals surface area (Å²) in [7, 11) is 3.56. The predicted molar refractivity (Wildman–Crippen MR) is 68.1 cm³/mol. The average molecular weight is 242 g/mol. The second-order valence-corrected chi connectivity index (χ2v) is 4.53. The van der Waals surface area contributed by atoms with E-state index in [9.17, 15) is 0 Å². The molecule has 16 heavy (non-hydrogen) atoms. The van der Waals surface area contributed by atoms with Crippen LogP contribution in [-0.4, -0.2) is 36.7 Å². The molecule has 0 unspecified atom stereocenters. The van der Waals surface area contributed by atoms with Gasteiger partial charge in [-0.1, -0.05) is 24.1 Å². The smallest absolute Gasteiger partial charge is 0.0636 e. The number of hydrogen-bond acceptors (Lipinski definition) is 5. The van der Waals surface area contributed by atoms with Gasteiger partial charge in [0.25, 0.3) is 0 Å². The molecule has 0 atom stereocenters. The maximum Gasteiger partial charge on any atom is 0.0636 e. The van der Waals surface area contributed by atoms with Crippen molar-refractivity contribution in [2.24, 2.45) is 0 Å². The van der Waals surface area contributed by atoms with Crippen LogP contribution in [0.1, 0.15) is 5.56 Å². The molecule has 0 aliphatic rings. The van der Waals surface area contributed by atoms with Crippen LogP contribution in [0.5, 0.6) is 0 Å². The van der Waals surface area contributed by atoms with E-state index in [1.54, 1.807) is 19.1 Å². The van der Waals surface area contributed by atoms with Gasteiger partial charge in [0.15, 0.2) is 0 Å². The Balaban J connectivity index is 2.44. The van der Waals surface area contributed by atoms with Gasteiger partial charge in [0.1, 0.15) is 0 Å². The second-order valence-electron chi connectivity index (χ2n) is 3.36. The molecule has 0 aromatic heterocycles. The standard InChI is InChI=1S/C11H18N2O2S/c1-13(6-7-14)16-9-10-4-3-5-11(8-10)12-15-2/h3-5,8,12,14H,6-7,9H2,1-2H3. The first-order valence-electron chi connectivity index (χ1n) is 5.09. The molecule has 1 aromatic rings. The summed E-state index contributed by atoms with van der Waals surface area (Å²) in [6.07, 6.45) is 0. The van der Waals surface area contributed by atoms with Crippen LogP contribution >= 0.6 is 11.9 Å². The zero-order valence-electron chi connectivity index (χ0n) is 9.64. The zero-order chi connectivity index (χ0) is 11.8. The molecular formula is C11H18N2O2S. The Kier molecular flexibility index (Phi) is 6.25. The third-order valence-electron chi connectivity index (χ3n) is 2.01. The highest BCUT2D eigenvalue weighted by Crippen LogP contribution is 2.18. The Morgan fingerprint density at radius 2 is 2.31 bits per heavy atom. The molecule has 0 amide bonds. The van der Waals surface area contributed by atoms with Crippen molar-refractivity contribution >= 4 is 17.6 Å². The molecule has 1 aromatic carbocycles. The third-order valence-corrected chi connectivity index (χ3v) is 3.10. The fraction of sp³-hybridized carbons (Fsp3) is 0.455. The number of aliphatic hydroxyl groups excluding tert-OH is 1. The first kappa shape index (κ1) is 13.3. The maximum absolute atomic E-state index is 8.77. The molecule has 0 heterocycles. The lowest BCUT2D eigenvalue weighted by Crippen LogP contribution is -2.14. The van der Waals surface area contributed by atoms with Gasteiger partial charge < -0.3 is 5.11 Å². The van der Waals surface area contributed by atoms with Crippen LogP contribution in [0.4, 0.5) is 5.69 Å². The van der Waals surface area contributed by atoms with Gasteiger partial charge in [0, 0.05) is 12.3 Å². The van der Waals surface area contributed by atoms with Crippen molar-refractivity contribution in [3.8, 4) is 0 Å². The summed E-state index contributed by atoms with van der Waals surface area (Å²) in [5, 5.41) is 8.77. The molecule has 0 bridgehead atoms. The minimum absolute atomic E-state index is 0.189. The molecule has 4 nitrogen and oxygen atoms in total. The lowest BCUT2D eigenvalue weighted by atomic mass is 10.2. The number of hydrogen-bond donors (Lipinski definition) is 2. The van der Waals surface area contributed by atoms with Gasteiger partial charge in [-0.15, -0.1) is 0 Å². The van der Waals surface area contributed by atoms with Gasteiger partial charge in [-0.2, -0.15) is 0 Å². The molecule has 0 aliphatic heterocycles. The maximum atomic E-state index is 8.77. The minimum Gasteiger partial charge on any atom is -0.395 e. The van der Waals surface area contributed by atoms with E-state index in [0.717, 1.165) is 11.4 Å². The fourth-order valence-corrected chi connectivity index (χ4v) is 1.99. The average Bonchev–Trinajstić information content (AvgIpc) is 2.28. The number of anilines is 1. The van der Waals surface area contributed by atoms with Crippen LogP contribution in [0.3, 0.4) is 0 Å². The molecule has 0 aliphatic carbocycles. The lowest BCUT2D eigenvalue weighted by molar-refractivity contribution is 0.271. The quantitative estimate of drug-likeness (QED) is 0.563. The summed E-state index contributed by atoms with van der Waals surface area (Å²) in [4.78, 5) is 4.85. The molecule has 0 saturated heterocycles. The highest BCUT2D eigenvalue weighted by Gasteiger charge is 2.00. The molecule has 5 heteroatoms. The van der Waals surface area contributed by atoms with Crippen LogP contribution in [-0.2, 0) is 10.6 Å². The number of rotatable bonds is 7. The zero-order valence-corrected chi connectivity index (χ0v) is 10.5. The summed E-state index contributed by atoms with van der Waals surface area (Å²) < 4.78 is 2.02. The van der Waals surface area contributed by atoms with Crippen LogP contribution in [0.25, 0.3) is 0 Å². The van der Waals surface area contributed by atoms with Crippen LogP contribution in [0.15, 0.2) is 24.3 Å². The summed E-state index contributed by atoms with van der Waals surface area (Å²) >= 11 is 1.69. The summed E-state index contributed by atoms with van der Waals surface area (Å²) in [6.45, 7) is 0.870. The summed E-state index contributed by atoms with van der Waals surface area (Å²) in [5.74, 6) is 0.885. The summed E-state index contributed by atoms with van der Waals surface area (Å²) in [6, 6.07) is 8.06. The third kappa shape index (κ3) is 4.85. The van der Waals surface area contributed by atoms with E-state index in [4.69, 9.17) is 9.94 Å². The van der Waals surface area contributed by atoms with Gasteiger partial charge in [0.05, 0.1) is 19.4 Å². The lowest BCUT2D eigenvalue weighted by Gasteiger charge is -2.14. The van der Waals surface area contributed by atoms with Gasteiger partial charge in [-0.3, -0.25) is 14.6 Å². The van der Waals surface area contributed by atoms with Crippen molar-refractivity contribution in [1.82, 2.24) is 4.31 Å². The molecule has 0 fully saturated rings. The van der Waals surface area contributed by atoms with E-state index in [-0.39, 0.29) is 6.61 Å². The van der Waals surface area contributed by atoms with Gasteiger partial charge >= 0.3 is 0 Å². The van der Waals surface area contributed by atoms with Crippen molar-refractivity contribution in [2.45, 2.75) is 5.75 Å². The molecule has 1 rings (SSSR count). The van der Waals surface area contributed by atoms with E-state index < -0.39 is 0 Å². The van der Waals surface area contributed by atoms with E-state index in [2.05, 4.69) is 11.5 Å². The topological polar surface area (TPSA) is 44.7 Å². The van der Waals surface area contributed by atoms with E-state index in [1.807, 2.05) is 29.6 Å². The molecule has 2 N–H and O–H groups in total. The van der Waals surface area contributed by atoms with Crippen LogP contribution in [0.2, 0.25) is 0 Å². The Hall–Kier alpha value is -0.750. The Bertz CT molecular complexity index is 310. The number of aliphatic hydroxyl groups is 1. The van der Waals surface area contributed by atoms with Crippen LogP contribution < -0.4 is 5.48 Å². The predicted octanol–water partition coefficient (Wildman–Crippen LogP) is 1.73. The van der Waals surface area contributed by atoms with Crippen molar-refractivity contribution < 1.29 is 9.94 Å². The fourth-order valence-electron chi connectivity index (χ4n) is 1.23. The van der Waals surface area contributed by atoms with Crippen molar-refractivity contribution in [3.63, 3.8) is 0 Å². The molecule has 0 radical (unpaired) electrons. The first-order chi connectivity index (χ1) is 7.76. The van der Waals surface area contributed by atoms with E-state index in [1.165, 1.54) is 5.56 Å². The van der Waals surface area contributed by atoms with Gasteiger partial charge in [0.2, 0.25) is 0 Å². The first-order valence-corrected chi connectivity index (χ1v) is 6.03. The normalized spacial score (nSPS) is 10.8. The molecule has 0 saturated carbocycles. The number of nitrogens with one attached hydrogen (secondary N) is 1. The van der Waals surface area contributed by atoms with Crippen LogP contribution in [0, 0.1) is 0 Å². The van der Waals surface area contributed by atoms with Crippen molar-refractivity contribution in [3.05, 3.63) is 29.8 Å². The SMILES string of the molecule is CONc1cccc(CSN(C)CCO)c1. The van der Waals surface area contributed by atoms with Crippen molar-refractivity contribution in [1.29, 1.82) is 0 Å². The largest absolute Gasteiger partial charge is 0.395 e. The van der Waals surface area contributed by atoms with Gasteiger partial charge in [-0.25, -0.2) is 0 Å². The second kappa shape index (κ2) is 7.51. The Morgan fingerprint density at radius 3 is 3.00 bits per heavy atom. The monoisotopic (exact) mass is 242 g/mol. The van der Waals surface area contributed by atoms with E-state index in [0.29, 0.717) is 6.54 Å².